The van der Waals surface area contributed by atoms with Crippen molar-refractivity contribution in [2.75, 3.05) is 0 Å². The van der Waals surface area contributed by atoms with Crippen LogP contribution in [0.15, 0.2) is 53.7 Å². The monoisotopic (exact) mass is 272 g/mol. The van der Waals surface area contributed by atoms with Crippen LogP contribution in [0.25, 0.3) is 11.3 Å². The van der Waals surface area contributed by atoms with Gasteiger partial charge in [-0.25, -0.2) is 18.7 Å². The molecule has 0 amide bonds. The molecule has 0 bridgehead atoms. The molecule has 2 aromatic heterocycles. The van der Waals surface area contributed by atoms with E-state index in [4.69, 9.17) is 4.42 Å². The average molecular weight is 272 g/mol. The number of hydrogen-bond donors (Lipinski definition) is 0. The average Bonchev–Trinajstić information content (AvgIpc) is 2.97. The second kappa shape index (κ2) is 5.21. The summed E-state index contributed by atoms with van der Waals surface area (Å²) in [5, 5.41) is 0. The zero-order chi connectivity index (χ0) is 13.9. The van der Waals surface area contributed by atoms with Crippen molar-refractivity contribution in [2.45, 2.75) is 6.42 Å². The molecule has 3 rings (SSSR count). The molecule has 0 atom stereocenters. The molecule has 0 spiro atoms. The molecule has 20 heavy (non-hydrogen) atoms. The van der Waals surface area contributed by atoms with Crippen LogP contribution in [0.5, 0.6) is 0 Å². The fourth-order valence-corrected chi connectivity index (χ4v) is 2.02. The van der Waals surface area contributed by atoms with Gasteiger partial charge in [0.05, 0.1) is 11.8 Å². The van der Waals surface area contributed by atoms with Crippen LogP contribution in [-0.4, -0.2) is 9.97 Å². The Morgan fingerprint density at radius 1 is 1.05 bits per heavy atom. The third kappa shape index (κ3) is 2.30. The first kappa shape index (κ1) is 12.5. The van der Waals surface area contributed by atoms with Crippen LogP contribution >= 0.6 is 0 Å². The first-order chi connectivity index (χ1) is 9.75. The summed E-state index contributed by atoms with van der Waals surface area (Å²) < 4.78 is 33.3. The molecule has 0 fully saturated rings. The fourth-order valence-electron chi connectivity index (χ4n) is 2.02. The van der Waals surface area contributed by atoms with Crippen LogP contribution in [0.3, 0.4) is 0 Å². The maximum Gasteiger partial charge on any atom is 0.140 e. The number of nitrogens with zero attached hydrogens (tertiary/aromatic N) is 2. The van der Waals surface area contributed by atoms with Gasteiger partial charge in [-0.05, 0) is 29.3 Å². The van der Waals surface area contributed by atoms with Gasteiger partial charge in [-0.2, -0.15) is 0 Å². The molecule has 0 aliphatic carbocycles. The van der Waals surface area contributed by atoms with E-state index in [0.29, 0.717) is 12.0 Å². The van der Waals surface area contributed by atoms with Gasteiger partial charge in [0, 0.05) is 18.8 Å². The molecule has 100 valence electrons. The van der Waals surface area contributed by atoms with Crippen molar-refractivity contribution in [3.63, 3.8) is 0 Å². The number of furan rings is 1. The molecule has 0 aliphatic heterocycles. The van der Waals surface area contributed by atoms with Crippen LogP contribution in [0.2, 0.25) is 0 Å². The molecule has 0 unspecified atom stereocenters. The van der Waals surface area contributed by atoms with Crippen molar-refractivity contribution < 1.29 is 13.2 Å². The standard InChI is InChI=1S/C15H10F2N2O/c16-12-4-3-11(6-10-7-18-9-19-8-10)15(17)14(12)13-2-1-5-20-13/h1-5,7-9H,6H2. The summed E-state index contributed by atoms with van der Waals surface area (Å²) in [5.74, 6) is -1.10. The van der Waals surface area contributed by atoms with Crippen LogP contribution in [-0.2, 0) is 6.42 Å². The normalized spacial score (nSPS) is 10.7. The minimum atomic E-state index is -0.648. The molecule has 0 radical (unpaired) electrons. The van der Waals surface area contributed by atoms with Crippen LogP contribution in [0, 0.1) is 11.6 Å². The van der Waals surface area contributed by atoms with Crippen LogP contribution < -0.4 is 0 Å². The highest BCUT2D eigenvalue weighted by Gasteiger charge is 2.17. The number of hydrogen-bond acceptors (Lipinski definition) is 3. The maximum atomic E-state index is 14.4. The molecule has 0 aliphatic rings. The minimum Gasteiger partial charge on any atom is -0.464 e. The number of benzene rings is 1. The zero-order valence-corrected chi connectivity index (χ0v) is 10.4. The first-order valence-electron chi connectivity index (χ1n) is 6.00. The van der Waals surface area contributed by atoms with Gasteiger partial charge >= 0.3 is 0 Å². The van der Waals surface area contributed by atoms with Crippen molar-refractivity contribution in [3.8, 4) is 11.3 Å². The Hall–Kier alpha value is -2.56. The van der Waals surface area contributed by atoms with E-state index >= 15 is 0 Å². The Morgan fingerprint density at radius 3 is 2.55 bits per heavy atom. The molecule has 0 saturated heterocycles. The summed E-state index contributed by atoms with van der Waals surface area (Å²) in [6.07, 6.45) is 6.27. The van der Waals surface area contributed by atoms with E-state index < -0.39 is 11.6 Å². The van der Waals surface area contributed by atoms with E-state index in [2.05, 4.69) is 9.97 Å². The SMILES string of the molecule is Fc1ccc(Cc2cncnc2)c(F)c1-c1ccco1. The van der Waals surface area contributed by atoms with Gasteiger partial charge in [-0.3, -0.25) is 0 Å². The van der Waals surface area contributed by atoms with E-state index in [1.807, 2.05) is 0 Å². The second-order valence-corrected chi connectivity index (χ2v) is 4.30. The Bertz CT molecular complexity index is 712. The Labute approximate surface area is 113 Å². The number of halogens is 2. The van der Waals surface area contributed by atoms with Gasteiger partial charge in [0.25, 0.3) is 0 Å². The van der Waals surface area contributed by atoms with E-state index in [1.165, 1.54) is 30.8 Å². The lowest BCUT2D eigenvalue weighted by Crippen LogP contribution is -1.98. The molecule has 5 heteroatoms. The summed E-state index contributed by atoms with van der Waals surface area (Å²) in [5.41, 5.74) is 0.973. The van der Waals surface area contributed by atoms with Crippen molar-refractivity contribution in [1.29, 1.82) is 0 Å². The second-order valence-electron chi connectivity index (χ2n) is 4.30. The van der Waals surface area contributed by atoms with E-state index in [-0.39, 0.29) is 11.3 Å². The Morgan fingerprint density at radius 2 is 1.85 bits per heavy atom. The maximum absolute atomic E-state index is 14.4. The summed E-state index contributed by atoms with van der Waals surface area (Å²) in [6.45, 7) is 0. The van der Waals surface area contributed by atoms with Crippen LogP contribution in [0.1, 0.15) is 11.1 Å². The number of rotatable bonds is 3. The molecular weight excluding hydrogens is 262 g/mol. The van der Waals surface area contributed by atoms with E-state index in [0.717, 1.165) is 5.56 Å². The summed E-state index contributed by atoms with van der Waals surface area (Å²) in [6, 6.07) is 5.77. The lowest BCUT2D eigenvalue weighted by Gasteiger charge is -2.08. The zero-order valence-electron chi connectivity index (χ0n) is 10.4. The summed E-state index contributed by atoms with van der Waals surface area (Å²) >= 11 is 0. The minimum absolute atomic E-state index is 0.149. The fraction of sp³-hybridized carbons (Fsp3) is 0.0667. The molecule has 0 saturated carbocycles. The van der Waals surface area contributed by atoms with E-state index in [9.17, 15) is 8.78 Å². The molecule has 3 nitrogen and oxygen atoms in total. The van der Waals surface area contributed by atoms with Gasteiger partial charge < -0.3 is 4.42 Å². The van der Waals surface area contributed by atoms with Crippen molar-refractivity contribution in [1.82, 2.24) is 9.97 Å². The molecule has 2 heterocycles. The van der Waals surface area contributed by atoms with Gasteiger partial charge in [-0.15, -0.1) is 0 Å². The Kier molecular flexibility index (Phi) is 3.25. The highest BCUT2D eigenvalue weighted by molar-refractivity contribution is 5.60. The van der Waals surface area contributed by atoms with Crippen molar-refractivity contribution in [2.24, 2.45) is 0 Å². The third-order valence-corrected chi connectivity index (χ3v) is 2.95. The van der Waals surface area contributed by atoms with E-state index in [1.54, 1.807) is 18.5 Å². The lowest BCUT2D eigenvalue weighted by molar-refractivity contribution is 0.544. The van der Waals surface area contributed by atoms with Gasteiger partial charge in [0.15, 0.2) is 0 Å². The predicted molar refractivity (Wildman–Crippen MR) is 68.9 cm³/mol. The molecule has 0 N–H and O–H groups in total. The predicted octanol–water partition coefficient (Wildman–Crippen LogP) is 3.61. The summed E-state index contributed by atoms with van der Waals surface area (Å²) in [7, 11) is 0. The van der Waals surface area contributed by atoms with Crippen molar-refractivity contribution >= 4 is 0 Å². The lowest BCUT2D eigenvalue weighted by atomic mass is 10.0. The highest BCUT2D eigenvalue weighted by Crippen LogP contribution is 2.29. The summed E-state index contributed by atoms with van der Waals surface area (Å²) in [4.78, 5) is 7.75. The van der Waals surface area contributed by atoms with Gasteiger partial charge in [-0.1, -0.05) is 6.07 Å². The largest absolute Gasteiger partial charge is 0.464 e. The van der Waals surface area contributed by atoms with Gasteiger partial charge in [0.1, 0.15) is 23.7 Å². The molecule has 1 aromatic carbocycles. The smallest absolute Gasteiger partial charge is 0.140 e. The highest BCUT2D eigenvalue weighted by atomic mass is 19.1. The molecule has 3 aromatic rings. The number of aromatic nitrogens is 2. The third-order valence-electron chi connectivity index (χ3n) is 2.95. The van der Waals surface area contributed by atoms with Crippen LogP contribution in [0.4, 0.5) is 8.78 Å². The molecular formula is C15H10F2N2O. The van der Waals surface area contributed by atoms with Gasteiger partial charge in [0.2, 0.25) is 0 Å². The van der Waals surface area contributed by atoms with Crippen molar-refractivity contribution in [3.05, 3.63) is 72.0 Å². The quantitative estimate of drug-likeness (QED) is 0.731. The first-order valence-corrected chi connectivity index (χ1v) is 6.00. The Balaban J connectivity index is 2.04. The topological polar surface area (TPSA) is 38.9 Å².